The van der Waals surface area contributed by atoms with Crippen LogP contribution in [0.4, 0.5) is 0 Å². The van der Waals surface area contributed by atoms with Gasteiger partial charge in [0.2, 0.25) is 5.91 Å². The molecule has 1 aromatic heterocycles. The fourth-order valence-electron chi connectivity index (χ4n) is 3.54. The van der Waals surface area contributed by atoms with E-state index in [0.717, 1.165) is 38.1 Å². The molecule has 0 saturated carbocycles. The summed E-state index contributed by atoms with van der Waals surface area (Å²) in [7, 11) is 1.70. The highest BCUT2D eigenvalue weighted by molar-refractivity contribution is 7.09. The van der Waals surface area contributed by atoms with Crippen LogP contribution in [-0.2, 0) is 17.8 Å². The number of nitrogens with zero attached hydrogens (tertiary/aromatic N) is 1. The van der Waals surface area contributed by atoms with Gasteiger partial charge in [-0.05, 0) is 74.3 Å². The first kappa shape index (κ1) is 18.9. The van der Waals surface area contributed by atoms with Gasteiger partial charge in [-0.1, -0.05) is 18.2 Å². The first-order valence-electron chi connectivity index (χ1n) is 9.33. The lowest BCUT2D eigenvalue weighted by Crippen LogP contribution is -2.48. The highest BCUT2D eigenvalue weighted by Crippen LogP contribution is 2.24. The van der Waals surface area contributed by atoms with Gasteiger partial charge in [0.15, 0.2) is 0 Å². The number of carbonyl (C=O) groups excluding carboxylic acids is 1. The molecule has 0 spiro atoms. The van der Waals surface area contributed by atoms with Crippen molar-refractivity contribution in [1.29, 1.82) is 0 Å². The van der Waals surface area contributed by atoms with Crippen LogP contribution in [0.5, 0.6) is 5.75 Å². The second-order valence-electron chi connectivity index (χ2n) is 7.00. The number of likely N-dealkylation sites (tertiary alicyclic amines) is 1. The van der Waals surface area contributed by atoms with Crippen LogP contribution in [0.1, 0.15) is 30.2 Å². The van der Waals surface area contributed by atoms with Crippen molar-refractivity contribution in [3.8, 4) is 5.75 Å². The average Bonchev–Trinajstić information content (AvgIpc) is 3.20. The van der Waals surface area contributed by atoms with Gasteiger partial charge in [-0.3, -0.25) is 9.69 Å². The zero-order valence-corrected chi connectivity index (χ0v) is 16.4. The Bertz CT molecular complexity index is 677. The van der Waals surface area contributed by atoms with E-state index in [1.807, 2.05) is 30.5 Å². The molecule has 4 nitrogen and oxygen atoms in total. The van der Waals surface area contributed by atoms with Gasteiger partial charge in [0.05, 0.1) is 19.7 Å². The third-order valence-electron chi connectivity index (χ3n) is 5.28. The van der Waals surface area contributed by atoms with E-state index in [9.17, 15) is 4.79 Å². The third-order valence-corrected chi connectivity index (χ3v) is 6.15. The van der Waals surface area contributed by atoms with E-state index in [0.29, 0.717) is 12.5 Å². The van der Waals surface area contributed by atoms with Crippen molar-refractivity contribution < 1.29 is 9.53 Å². The molecule has 1 aliphatic heterocycles. The van der Waals surface area contributed by atoms with Crippen molar-refractivity contribution in [3.63, 3.8) is 0 Å². The molecular formula is C21H28N2O2S. The van der Waals surface area contributed by atoms with Crippen molar-refractivity contribution in [3.05, 3.63) is 52.2 Å². The molecule has 1 fully saturated rings. The molecule has 1 aliphatic rings. The fourth-order valence-corrected chi connectivity index (χ4v) is 4.18. The minimum atomic E-state index is -0.0584. The van der Waals surface area contributed by atoms with Gasteiger partial charge in [-0.25, -0.2) is 0 Å². The number of piperidine rings is 1. The van der Waals surface area contributed by atoms with E-state index < -0.39 is 0 Å². The number of amides is 1. The molecule has 3 rings (SSSR count). The predicted octanol–water partition coefficient (Wildman–Crippen LogP) is 3.72. The van der Waals surface area contributed by atoms with Crippen LogP contribution in [0, 0.1) is 5.92 Å². The minimum absolute atomic E-state index is 0.0584. The number of hydrogen-bond donors (Lipinski definition) is 1. The molecule has 5 heteroatoms. The summed E-state index contributed by atoms with van der Waals surface area (Å²) in [5.74, 6) is 1.74. The summed E-state index contributed by atoms with van der Waals surface area (Å²) in [5.41, 5.74) is 1.37. The molecule has 1 amide bonds. The molecule has 140 valence electrons. The maximum Gasteiger partial charge on any atom is 0.237 e. The maximum atomic E-state index is 12.4. The van der Waals surface area contributed by atoms with Crippen molar-refractivity contribution in [2.75, 3.05) is 20.2 Å². The number of methoxy groups -OCH3 is 1. The van der Waals surface area contributed by atoms with Gasteiger partial charge >= 0.3 is 0 Å². The van der Waals surface area contributed by atoms with E-state index in [1.54, 1.807) is 18.4 Å². The number of benzene rings is 1. The Morgan fingerprint density at radius 1 is 1.27 bits per heavy atom. The molecule has 1 atom stereocenters. The van der Waals surface area contributed by atoms with Crippen molar-refractivity contribution in [2.24, 2.45) is 5.92 Å². The Hall–Kier alpha value is -1.85. The van der Waals surface area contributed by atoms with E-state index in [2.05, 4.69) is 28.4 Å². The number of thiophene rings is 1. The van der Waals surface area contributed by atoms with E-state index >= 15 is 0 Å². The summed E-state index contributed by atoms with van der Waals surface area (Å²) in [5, 5.41) is 5.10. The highest BCUT2D eigenvalue weighted by atomic mass is 32.1. The zero-order valence-electron chi connectivity index (χ0n) is 15.6. The summed E-state index contributed by atoms with van der Waals surface area (Å²) in [6, 6.07) is 12.4. The molecule has 0 aliphatic carbocycles. The van der Waals surface area contributed by atoms with Crippen LogP contribution in [0.15, 0.2) is 41.8 Å². The summed E-state index contributed by atoms with van der Waals surface area (Å²) >= 11 is 1.68. The van der Waals surface area contributed by atoms with Gasteiger partial charge in [0.1, 0.15) is 5.75 Å². The lowest BCUT2D eigenvalue weighted by Gasteiger charge is -2.35. The van der Waals surface area contributed by atoms with Crippen LogP contribution in [0.3, 0.4) is 0 Å². The summed E-state index contributed by atoms with van der Waals surface area (Å²) in [6.45, 7) is 4.64. The Kier molecular flexibility index (Phi) is 6.69. The monoisotopic (exact) mass is 372 g/mol. The van der Waals surface area contributed by atoms with Crippen molar-refractivity contribution >= 4 is 17.2 Å². The standard InChI is InChI=1S/C21H28N2O2S/c1-16(21(24)22-15-20-4-3-13-26-20)23-11-9-18(10-12-23)14-17-5-7-19(25-2)8-6-17/h3-8,13,16,18H,9-12,14-15H2,1-2H3,(H,22,24). The maximum absolute atomic E-state index is 12.4. The van der Waals surface area contributed by atoms with E-state index in [4.69, 9.17) is 4.74 Å². The Labute approximate surface area is 160 Å². The summed E-state index contributed by atoms with van der Waals surface area (Å²) in [6.07, 6.45) is 3.40. The third kappa shape index (κ3) is 5.08. The molecule has 1 saturated heterocycles. The first-order chi connectivity index (χ1) is 12.7. The number of hydrogen-bond acceptors (Lipinski definition) is 4. The summed E-state index contributed by atoms with van der Waals surface area (Å²) < 4.78 is 5.22. The van der Waals surface area contributed by atoms with Crippen LogP contribution >= 0.6 is 11.3 Å². The Morgan fingerprint density at radius 2 is 2.00 bits per heavy atom. The molecule has 0 radical (unpaired) electrons. The molecule has 1 unspecified atom stereocenters. The van der Waals surface area contributed by atoms with Crippen molar-refractivity contribution in [2.45, 2.75) is 38.8 Å². The van der Waals surface area contributed by atoms with Crippen LogP contribution in [0.2, 0.25) is 0 Å². The molecule has 2 aromatic rings. The molecule has 1 aromatic carbocycles. The van der Waals surface area contributed by atoms with Gasteiger partial charge in [-0.2, -0.15) is 0 Å². The van der Waals surface area contributed by atoms with Crippen LogP contribution < -0.4 is 10.1 Å². The van der Waals surface area contributed by atoms with Gasteiger partial charge in [0, 0.05) is 4.88 Å². The Morgan fingerprint density at radius 3 is 2.62 bits per heavy atom. The quantitative estimate of drug-likeness (QED) is 0.805. The highest BCUT2D eigenvalue weighted by Gasteiger charge is 2.26. The summed E-state index contributed by atoms with van der Waals surface area (Å²) in [4.78, 5) is 15.9. The second-order valence-corrected chi connectivity index (χ2v) is 8.04. The number of carbonyl (C=O) groups is 1. The van der Waals surface area contributed by atoms with Crippen LogP contribution in [-0.4, -0.2) is 37.0 Å². The largest absolute Gasteiger partial charge is 0.497 e. The predicted molar refractivity (Wildman–Crippen MR) is 107 cm³/mol. The smallest absolute Gasteiger partial charge is 0.237 e. The Balaban J connectivity index is 1.42. The molecular weight excluding hydrogens is 344 g/mol. The topological polar surface area (TPSA) is 41.6 Å². The van der Waals surface area contributed by atoms with E-state index in [-0.39, 0.29) is 11.9 Å². The minimum Gasteiger partial charge on any atom is -0.497 e. The van der Waals surface area contributed by atoms with Gasteiger partial charge in [0.25, 0.3) is 0 Å². The number of ether oxygens (including phenoxy) is 1. The van der Waals surface area contributed by atoms with E-state index in [1.165, 1.54) is 10.4 Å². The number of nitrogens with one attached hydrogen (secondary N) is 1. The van der Waals surface area contributed by atoms with Crippen molar-refractivity contribution in [1.82, 2.24) is 10.2 Å². The normalized spacial score (nSPS) is 17.0. The molecule has 26 heavy (non-hydrogen) atoms. The SMILES string of the molecule is COc1ccc(CC2CCN(C(C)C(=O)NCc3cccs3)CC2)cc1. The zero-order chi connectivity index (χ0) is 18.4. The molecule has 1 N–H and O–H groups in total. The van der Waals surface area contributed by atoms with Gasteiger partial charge in [-0.15, -0.1) is 11.3 Å². The van der Waals surface area contributed by atoms with Crippen LogP contribution in [0.25, 0.3) is 0 Å². The lowest BCUT2D eigenvalue weighted by molar-refractivity contribution is -0.126. The second kappa shape index (κ2) is 9.19. The average molecular weight is 373 g/mol. The lowest BCUT2D eigenvalue weighted by atomic mass is 9.89. The number of rotatable bonds is 7. The van der Waals surface area contributed by atoms with Gasteiger partial charge < -0.3 is 10.1 Å². The molecule has 2 heterocycles. The first-order valence-corrected chi connectivity index (χ1v) is 10.2. The molecule has 0 bridgehead atoms. The fraction of sp³-hybridized carbons (Fsp3) is 0.476.